The van der Waals surface area contributed by atoms with Crippen LogP contribution >= 0.6 is 22.7 Å². The van der Waals surface area contributed by atoms with Crippen molar-refractivity contribution in [1.29, 1.82) is 0 Å². The molecule has 128 valence electrons. The lowest BCUT2D eigenvalue weighted by Crippen LogP contribution is -2.35. The van der Waals surface area contributed by atoms with Gasteiger partial charge in [-0.3, -0.25) is 14.8 Å². The van der Waals surface area contributed by atoms with E-state index in [1.54, 1.807) is 5.48 Å². The molecule has 4 rings (SSSR count). The first kappa shape index (κ1) is 16.3. The lowest BCUT2D eigenvalue weighted by Gasteiger charge is -2.27. The van der Waals surface area contributed by atoms with Crippen LogP contribution in [0.25, 0.3) is 10.1 Å². The molecule has 1 aromatic carbocycles. The second kappa shape index (κ2) is 6.25. The third kappa shape index (κ3) is 2.74. The first-order valence-electron chi connectivity index (χ1n) is 7.92. The van der Waals surface area contributed by atoms with Crippen LogP contribution in [0.5, 0.6) is 0 Å². The van der Waals surface area contributed by atoms with E-state index < -0.39 is 5.91 Å². The highest BCUT2D eigenvalue weighted by atomic mass is 32.1. The Kier molecular flexibility index (Phi) is 4.07. The van der Waals surface area contributed by atoms with Crippen molar-refractivity contribution in [2.45, 2.75) is 19.9 Å². The van der Waals surface area contributed by atoms with Crippen LogP contribution in [0.4, 0.5) is 0 Å². The predicted molar refractivity (Wildman–Crippen MR) is 98.6 cm³/mol. The standard InChI is InChI=1S/C18H16N2O3S2/c1-10-12-9-20(7-6-14(12)25-16(10)17(21)19-23)18(22)15-8-11-4-2-3-5-13(11)24-15/h2-5,8,23H,6-7,9H2,1H3,(H,19,21). The summed E-state index contributed by atoms with van der Waals surface area (Å²) in [6.07, 6.45) is 0.732. The van der Waals surface area contributed by atoms with Gasteiger partial charge in [0, 0.05) is 22.7 Å². The third-order valence-electron chi connectivity index (χ3n) is 4.54. The van der Waals surface area contributed by atoms with E-state index in [-0.39, 0.29) is 5.91 Å². The summed E-state index contributed by atoms with van der Waals surface area (Å²) in [5.74, 6) is -0.454. The molecule has 0 atom stereocenters. The highest BCUT2D eigenvalue weighted by molar-refractivity contribution is 7.20. The van der Waals surface area contributed by atoms with Crippen molar-refractivity contribution in [3.63, 3.8) is 0 Å². The Hall–Kier alpha value is -2.22. The minimum Gasteiger partial charge on any atom is -0.333 e. The molecule has 0 radical (unpaired) electrons. The minimum absolute atomic E-state index is 0.0330. The van der Waals surface area contributed by atoms with Gasteiger partial charge in [0.1, 0.15) is 0 Å². The molecule has 0 aliphatic carbocycles. The van der Waals surface area contributed by atoms with Crippen molar-refractivity contribution in [3.8, 4) is 0 Å². The fraction of sp³-hybridized carbons (Fsp3) is 0.222. The Labute approximate surface area is 152 Å². The topological polar surface area (TPSA) is 69.6 Å². The van der Waals surface area contributed by atoms with Crippen molar-refractivity contribution >= 4 is 44.6 Å². The molecule has 0 bridgehead atoms. The highest BCUT2D eigenvalue weighted by Crippen LogP contribution is 2.34. The third-order valence-corrected chi connectivity index (χ3v) is 7.04. The van der Waals surface area contributed by atoms with Crippen LogP contribution in [0.2, 0.25) is 0 Å². The molecular formula is C18H16N2O3S2. The molecule has 1 aliphatic rings. The number of amides is 2. The Morgan fingerprint density at radius 3 is 2.80 bits per heavy atom. The zero-order valence-corrected chi connectivity index (χ0v) is 15.2. The largest absolute Gasteiger partial charge is 0.333 e. The van der Waals surface area contributed by atoms with E-state index >= 15 is 0 Å². The average Bonchev–Trinajstić information content (AvgIpc) is 3.21. The maximum absolute atomic E-state index is 12.9. The average molecular weight is 372 g/mol. The first-order chi connectivity index (χ1) is 12.1. The van der Waals surface area contributed by atoms with Crippen LogP contribution in [0.15, 0.2) is 30.3 Å². The molecule has 0 saturated heterocycles. The summed E-state index contributed by atoms with van der Waals surface area (Å²) in [6.45, 7) is 3.01. The summed E-state index contributed by atoms with van der Waals surface area (Å²) in [5.41, 5.74) is 3.58. The maximum atomic E-state index is 12.9. The SMILES string of the molecule is Cc1c(C(=O)NO)sc2c1CN(C(=O)c1cc3ccccc3s1)CC2. The summed E-state index contributed by atoms with van der Waals surface area (Å²) in [5, 5.41) is 9.96. The molecule has 3 heterocycles. The molecule has 2 aromatic heterocycles. The molecule has 1 aliphatic heterocycles. The number of carbonyl (C=O) groups excluding carboxylic acids is 2. The second-order valence-corrected chi connectivity index (χ2v) is 8.21. The van der Waals surface area contributed by atoms with Crippen LogP contribution in [-0.4, -0.2) is 28.5 Å². The number of hydrogen-bond acceptors (Lipinski definition) is 5. The Morgan fingerprint density at radius 2 is 2.04 bits per heavy atom. The van der Waals surface area contributed by atoms with Gasteiger partial charge in [-0.15, -0.1) is 22.7 Å². The van der Waals surface area contributed by atoms with Crippen molar-refractivity contribution in [2.24, 2.45) is 0 Å². The number of nitrogens with zero attached hydrogens (tertiary/aromatic N) is 1. The van der Waals surface area contributed by atoms with Gasteiger partial charge in [0.25, 0.3) is 11.8 Å². The number of benzene rings is 1. The molecule has 7 heteroatoms. The lowest BCUT2D eigenvalue weighted by atomic mass is 10.0. The van der Waals surface area contributed by atoms with Gasteiger partial charge in [-0.25, -0.2) is 5.48 Å². The number of fused-ring (bicyclic) bond motifs is 2. The van der Waals surface area contributed by atoms with Gasteiger partial charge in [-0.1, -0.05) is 18.2 Å². The molecule has 25 heavy (non-hydrogen) atoms. The Morgan fingerprint density at radius 1 is 1.24 bits per heavy atom. The van der Waals surface area contributed by atoms with E-state index in [1.165, 1.54) is 22.7 Å². The fourth-order valence-corrected chi connectivity index (χ4v) is 5.43. The van der Waals surface area contributed by atoms with Crippen LogP contribution in [0.3, 0.4) is 0 Å². The number of nitrogens with one attached hydrogen (secondary N) is 1. The summed E-state index contributed by atoms with van der Waals surface area (Å²) in [7, 11) is 0. The van der Waals surface area contributed by atoms with Crippen molar-refractivity contribution in [1.82, 2.24) is 10.4 Å². The number of thiophene rings is 2. The summed E-state index contributed by atoms with van der Waals surface area (Å²) >= 11 is 2.91. The number of hydroxylamine groups is 1. The molecular weight excluding hydrogens is 356 g/mol. The normalized spacial score (nSPS) is 13.8. The zero-order chi connectivity index (χ0) is 17.6. The van der Waals surface area contributed by atoms with Gasteiger partial charge in [-0.2, -0.15) is 0 Å². The van der Waals surface area contributed by atoms with Gasteiger partial charge in [-0.05, 0) is 42.0 Å². The van der Waals surface area contributed by atoms with E-state index in [1.807, 2.05) is 42.2 Å². The lowest BCUT2D eigenvalue weighted by molar-refractivity contribution is 0.0710. The smallest absolute Gasteiger partial charge is 0.284 e. The Balaban J connectivity index is 1.62. The quantitative estimate of drug-likeness (QED) is 0.533. The van der Waals surface area contributed by atoms with Gasteiger partial charge in [0.15, 0.2) is 0 Å². The van der Waals surface area contributed by atoms with E-state index in [2.05, 4.69) is 0 Å². The predicted octanol–water partition coefficient (Wildman–Crippen LogP) is 3.59. The zero-order valence-electron chi connectivity index (χ0n) is 13.5. The van der Waals surface area contributed by atoms with Gasteiger partial charge in [0.2, 0.25) is 0 Å². The van der Waals surface area contributed by atoms with Crippen LogP contribution < -0.4 is 5.48 Å². The summed E-state index contributed by atoms with van der Waals surface area (Å²) in [6, 6.07) is 9.93. The van der Waals surface area contributed by atoms with Crippen LogP contribution in [0.1, 0.15) is 35.3 Å². The Bertz CT molecular complexity index is 957. The molecule has 5 nitrogen and oxygen atoms in total. The highest BCUT2D eigenvalue weighted by Gasteiger charge is 2.28. The summed E-state index contributed by atoms with van der Waals surface area (Å²) < 4.78 is 1.11. The number of hydrogen-bond donors (Lipinski definition) is 2. The van der Waals surface area contributed by atoms with Gasteiger partial charge >= 0.3 is 0 Å². The second-order valence-electron chi connectivity index (χ2n) is 6.02. The number of rotatable bonds is 2. The molecule has 3 aromatic rings. The van der Waals surface area contributed by atoms with Crippen LogP contribution in [-0.2, 0) is 13.0 Å². The van der Waals surface area contributed by atoms with E-state index in [0.29, 0.717) is 18.0 Å². The van der Waals surface area contributed by atoms with Crippen molar-refractivity contribution < 1.29 is 14.8 Å². The fourth-order valence-electron chi connectivity index (χ4n) is 3.21. The molecule has 2 N–H and O–H groups in total. The molecule has 0 fully saturated rings. The molecule has 0 saturated carbocycles. The van der Waals surface area contributed by atoms with Gasteiger partial charge in [0.05, 0.1) is 9.75 Å². The van der Waals surface area contributed by atoms with Crippen LogP contribution in [0, 0.1) is 6.92 Å². The minimum atomic E-state index is -0.487. The number of carbonyl (C=O) groups is 2. The molecule has 2 amide bonds. The first-order valence-corrected chi connectivity index (χ1v) is 9.55. The molecule has 0 spiro atoms. The van der Waals surface area contributed by atoms with E-state index in [9.17, 15) is 9.59 Å². The van der Waals surface area contributed by atoms with Gasteiger partial charge < -0.3 is 4.90 Å². The van der Waals surface area contributed by atoms with Crippen molar-refractivity contribution in [3.05, 3.63) is 56.1 Å². The van der Waals surface area contributed by atoms with E-state index in [0.717, 1.165) is 37.4 Å². The molecule has 0 unspecified atom stereocenters. The van der Waals surface area contributed by atoms with Crippen molar-refractivity contribution in [2.75, 3.05) is 6.54 Å². The monoisotopic (exact) mass is 372 g/mol. The van der Waals surface area contributed by atoms with E-state index in [4.69, 9.17) is 5.21 Å². The maximum Gasteiger partial charge on any atom is 0.284 e. The summed E-state index contributed by atoms with van der Waals surface area (Å²) in [4.78, 5) is 28.9.